The second-order valence-electron chi connectivity index (χ2n) is 5.46. The van der Waals surface area contributed by atoms with Gasteiger partial charge in [-0.3, -0.25) is 0 Å². The van der Waals surface area contributed by atoms with Crippen molar-refractivity contribution in [2.24, 2.45) is 11.8 Å². The molecule has 0 amide bonds. The predicted molar refractivity (Wildman–Crippen MR) is 79.0 cm³/mol. The summed E-state index contributed by atoms with van der Waals surface area (Å²) in [5, 5.41) is 10.7. The zero-order chi connectivity index (χ0) is 13.7. The Balaban J connectivity index is 1.80. The summed E-state index contributed by atoms with van der Waals surface area (Å²) in [6, 6.07) is 2.06. The average molecular weight is 278 g/mol. The van der Waals surface area contributed by atoms with Crippen molar-refractivity contribution in [1.29, 1.82) is 0 Å². The summed E-state index contributed by atoms with van der Waals surface area (Å²) >= 11 is 1.68. The van der Waals surface area contributed by atoms with Crippen molar-refractivity contribution >= 4 is 11.3 Å². The standard InChI is InChI=1S/C16H22O2S/c1-12-5-6-15(8-13(12)2)18-10-16-9-14(11-19-16)4-3-7-17/h9,11-13,15,17H,5-8,10H2,1-2H3. The Morgan fingerprint density at radius 1 is 1.37 bits per heavy atom. The molecule has 1 fully saturated rings. The van der Waals surface area contributed by atoms with Gasteiger partial charge in [0.1, 0.15) is 6.61 Å². The van der Waals surface area contributed by atoms with Crippen LogP contribution in [0.2, 0.25) is 0 Å². The van der Waals surface area contributed by atoms with Crippen molar-refractivity contribution in [2.75, 3.05) is 6.61 Å². The molecule has 1 aliphatic carbocycles. The van der Waals surface area contributed by atoms with E-state index in [1.54, 1.807) is 11.3 Å². The monoisotopic (exact) mass is 278 g/mol. The fourth-order valence-electron chi connectivity index (χ4n) is 2.51. The molecule has 0 aromatic carbocycles. The zero-order valence-electron chi connectivity index (χ0n) is 11.7. The molecule has 1 aromatic rings. The van der Waals surface area contributed by atoms with Gasteiger partial charge in [-0.2, -0.15) is 0 Å². The highest BCUT2D eigenvalue weighted by Gasteiger charge is 2.24. The fraction of sp³-hybridized carbons (Fsp3) is 0.625. The molecule has 1 heterocycles. The van der Waals surface area contributed by atoms with Gasteiger partial charge < -0.3 is 9.84 Å². The average Bonchev–Trinajstić information content (AvgIpc) is 2.86. The normalized spacial score (nSPS) is 26.8. The molecule has 2 nitrogen and oxygen atoms in total. The summed E-state index contributed by atoms with van der Waals surface area (Å²) < 4.78 is 6.02. The van der Waals surface area contributed by atoms with Crippen LogP contribution in [0.3, 0.4) is 0 Å². The molecule has 0 radical (unpaired) electrons. The smallest absolute Gasteiger partial charge is 0.104 e. The van der Waals surface area contributed by atoms with Gasteiger partial charge in [0.2, 0.25) is 0 Å². The second-order valence-corrected chi connectivity index (χ2v) is 6.46. The number of ether oxygens (including phenoxy) is 1. The van der Waals surface area contributed by atoms with Crippen LogP contribution in [-0.2, 0) is 11.3 Å². The first-order valence-corrected chi connectivity index (χ1v) is 7.85. The predicted octanol–water partition coefficient (Wildman–Crippen LogP) is 3.43. The minimum atomic E-state index is -0.0835. The van der Waals surface area contributed by atoms with Crippen LogP contribution in [0.1, 0.15) is 43.6 Å². The van der Waals surface area contributed by atoms with E-state index in [-0.39, 0.29) is 6.61 Å². The number of aliphatic hydroxyl groups excluding tert-OH is 1. The quantitative estimate of drug-likeness (QED) is 0.858. The van der Waals surface area contributed by atoms with Gasteiger partial charge in [0, 0.05) is 15.8 Å². The van der Waals surface area contributed by atoms with E-state index in [4.69, 9.17) is 9.84 Å². The van der Waals surface area contributed by atoms with E-state index in [2.05, 4.69) is 31.8 Å². The lowest BCUT2D eigenvalue weighted by Crippen LogP contribution is -2.26. The van der Waals surface area contributed by atoms with E-state index in [9.17, 15) is 0 Å². The molecule has 1 aliphatic rings. The topological polar surface area (TPSA) is 29.5 Å². The van der Waals surface area contributed by atoms with Gasteiger partial charge >= 0.3 is 0 Å². The van der Waals surface area contributed by atoms with Crippen LogP contribution in [0.4, 0.5) is 0 Å². The van der Waals surface area contributed by atoms with Crippen molar-refractivity contribution in [1.82, 2.24) is 0 Å². The van der Waals surface area contributed by atoms with E-state index < -0.39 is 0 Å². The van der Waals surface area contributed by atoms with Gasteiger partial charge in [-0.15, -0.1) is 11.3 Å². The highest BCUT2D eigenvalue weighted by atomic mass is 32.1. The Kier molecular flexibility index (Phi) is 5.45. The number of hydrogen-bond donors (Lipinski definition) is 1. The van der Waals surface area contributed by atoms with Crippen LogP contribution in [0, 0.1) is 23.7 Å². The van der Waals surface area contributed by atoms with E-state index in [0.29, 0.717) is 12.7 Å². The van der Waals surface area contributed by atoms with Crippen molar-refractivity contribution in [3.8, 4) is 11.8 Å². The molecule has 19 heavy (non-hydrogen) atoms. The lowest BCUT2D eigenvalue weighted by Gasteiger charge is -2.31. The molecule has 0 bridgehead atoms. The minimum Gasteiger partial charge on any atom is -0.384 e. The van der Waals surface area contributed by atoms with Crippen molar-refractivity contribution in [3.63, 3.8) is 0 Å². The second kappa shape index (κ2) is 7.09. The third kappa shape index (κ3) is 4.35. The first kappa shape index (κ1) is 14.6. The Bertz CT molecular complexity index is 455. The lowest BCUT2D eigenvalue weighted by atomic mass is 9.80. The van der Waals surface area contributed by atoms with Gasteiger partial charge in [0.25, 0.3) is 0 Å². The molecule has 1 saturated carbocycles. The maximum atomic E-state index is 8.66. The van der Waals surface area contributed by atoms with Crippen molar-refractivity contribution in [3.05, 3.63) is 21.9 Å². The Hall–Kier alpha value is -0.820. The van der Waals surface area contributed by atoms with Crippen LogP contribution in [0.15, 0.2) is 11.4 Å². The Morgan fingerprint density at radius 2 is 2.21 bits per heavy atom. The third-order valence-electron chi connectivity index (χ3n) is 3.98. The molecular weight excluding hydrogens is 256 g/mol. The molecule has 3 atom stereocenters. The SMILES string of the molecule is CC1CCC(OCc2cc(C#CCO)cs2)CC1C. The summed E-state index contributed by atoms with van der Waals surface area (Å²) in [6.45, 7) is 5.28. The Labute approximate surface area is 119 Å². The molecule has 3 unspecified atom stereocenters. The summed E-state index contributed by atoms with van der Waals surface area (Å²) in [5.74, 6) is 7.19. The third-order valence-corrected chi connectivity index (χ3v) is 4.89. The number of thiophene rings is 1. The van der Waals surface area contributed by atoms with Gasteiger partial charge in [0.05, 0.1) is 12.7 Å². The van der Waals surface area contributed by atoms with Crippen LogP contribution in [0.25, 0.3) is 0 Å². The molecule has 0 saturated heterocycles. The Morgan fingerprint density at radius 3 is 2.95 bits per heavy atom. The number of aliphatic hydroxyl groups is 1. The molecule has 1 N–H and O–H groups in total. The van der Waals surface area contributed by atoms with Gasteiger partial charge in [-0.1, -0.05) is 25.7 Å². The lowest BCUT2D eigenvalue weighted by molar-refractivity contribution is -0.00634. The summed E-state index contributed by atoms with van der Waals surface area (Å²) in [4.78, 5) is 1.22. The van der Waals surface area contributed by atoms with Gasteiger partial charge in [-0.25, -0.2) is 0 Å². The fourth-order valence-corrected chi connectivity index (χ4v) is 3.25. The van der Waals surface area contributed by atoms with Crippen LogP contribution in [0.5, 0.6) is 0 Å². The van der Waals surface area contributed by atoms with Gasteiger partial charge in [0.15, 0.2) is 0 Å². The molecule has 0 aliphatic heterocycles. The molecular formula is C16H22O2S. The maximum Gasteiger partial charge on any atom is 0.104 e. The zero-order valence-corrected chi connectivity index (χ0v) is 12.5. The molecule has 0 spiro atoms. The van der Waals surface area contributed by atoms with Crippen LogP contribution < -0.4 is 0 Å². The van der Waals surface area contributed by atoms with Crippen molar-refractivity contribution in [2.45, 2.75) is 45.8 Å². The summed E-state index contributed by atoms with van der Waals surface area (Å²) in [5.41, 5.74) is 0.975. The van der Waals surface area contributed by atoms with E-state index in [0.717, 1.165) is 17.4 Å². The van der Waals surface area contributed by atoms with Crippen molar-refractivity contribution < 1.29 is 9.84 Å². The first-order chi connectivity index (χ1) is 9.19. The number of rotatable bonds is 3. The summed E-state index contributed by atoms with van der Waals surface area (Å²) in [7, 11) is 0. The number of hydrogen-bond acceptors (Lipinski definition) is 3. The largest absolute Gasteiger partial charge is 0.384 e. The first-order valence-electron chi connectivity index (χ1n) is 6.97. The van der Waals surface area contributed by atoms with E-state index >= 15 is 0 Å². The van der Waals surface area contributed by atoms with Gasteiger partial charge in [-0.05, 0) is 37.2 Å². The molecule has 104 valence electrons. The van der Waals surface area contributed by atoms with Crippen LogP contribution in [-0.4, -0.2) is 17.8 Å². The minimum absolute atomic E-state index is 0.0835. The molecule has 3 heteroatoms. The van der Waals surface area contributed by atoms with Crippen LogP contribution >= 0.6 is 11.3 Å². The molecule has 2 rings (SSSR count). The van der Waals surface area contributed by atoms with E-state index in [1.165, 1.54) is 24.1 Å². The molecule has 1 aromatic heterocycles. The highest BCUT2D eigenvalue weighted by molar-refractivity contribution is 7.10. The highest BCUT2D eigenvalue weighted by Crippen LogP contribution is 2.31. The maximum absolute atomic E-state index is 8.66. The van der Waals surface area contributed by atoms with E-state index in [1.807, 2.05) is 5.38 Å². The summed E-state index contributed by atoms with van der Waals surface area (Å²) in [6.07, 6.45) is 4.07.